The first-order chi connectivity index (χ1) is 18.3. The molecule has 0 bridgehead atoms. The van der Waals surface area contributed by atoms with Gasteiger partial charge in [-0.25, -0.2) is 13.5 Å². The van der Waals surface area contributed by atoms with E-state index in [9.17, 15) is 14.0 Å². The molecule has 5 aromatic rings. The second kappa shape index (κ2) is 9.93. The van der Waals surface area contributed by atoms with Crippen molar-refractivity contribution < 1.29 is 23.0 Å². The van der Waals surface area contributed by atoms with Gasteiger partial charge in [0.1, 0.15) is 22.9 Å². The first-order valence-electron chi connectivity index (χ1n) is 11.7. The molecule has 3 aromatic carbocycles. The summed E-state index contributed by atoms with van der Waals surface area (Å²) in [5, 5.41) is 0.684. The molecule has 192 valence electrons. The molecule has 0 fully saturated rings. The Morgan fingerprint density at radius 3 is 2.45 bits per heavy atom. The molecule has 0 N–H and O–H groups in total. The SMILES string of the molecule is COc1ccc2c(Oc3ccc(CC(=O)c4c(C)n(C)n(-c5ccc(F)cc5)c4=O)cc3F)ccnc2c1. The van der Waals surface area contributed by atoms with Gasteiger partial charge in [0.2, 0.25) is 0 Å². The van der Waals surface area contributed by atoms with E-state index in [2.05, 4.69) is 4.98 Å². The molecule has 7 nitrogen and oxygen atoms in total. The van der Waals surface area contributed by atoms with Crippen LogP contribution >= 0.6 is 0 Å². The van der Waals surface area contributed by atoms with Crippen LogP contribution in [0.2, 0.25) is 0 Å². The number of ether oxygens (including phenoxy) is 2. The van der Waals surface area contributed by atoms with Gasteiger partial charge in [0.25, 0.3) is 5.56 Å². The topological polar surface area (TPSA) is 75.3 Å². The minimum Gasteiger partial charge on any atom is -0.497 e. The highest BCUT2D eigenvalue weighted by Crippen LogP contribution is 2.32. The van der Waals surface area contributed by atoms with Gasteiger partial charge in [0, 0.05) is 36.8 Å². The maximum Gasteiger partial charge on any atom is 0.282 e. The van der Waals surface area contributed by atoms with Gasteiger partial charge in [-0.3, -0.25) is 19.3 Å². The fourth-order valence-corrected chi connectivity index (χ4v) is 4.35. The number of methoxy groups -OCH3 is 1. The highest BCUT2D eigenvalue weighted by Gasteiger charge is 2.23. The van der Waals surface area contributed by atoms with Crippen molar-refractivity contribution in [1.82, 2.24) is 14.3 Å². The zero-order chi connectivity index (χ0) is 27.0. The molecule has 0 unspecified atom stereocenters. The third kappa shape index (κ3) is 4.54. The normalized spacial score (nSPS) is 11.1. The van der Waals surface area contributed by atoms with Crippen LogP contribution in [0, 0.1) is 18.6 Å². The molecule has 2 aromatic heterocycles. The minimum atomic E-state index is -0.651. The molecule has 0 saturated carbocycles. The summed E-state index contributed by atoms with van der Waals surface area (Å²) in [4.78, 5) is 30.6. The number of aromatic nitrogens is 3. The summed E-state index contributed by atoms with van der Waals surface area (Å²) in [6, 6.07) is 16.6. The van der Waals surface area contributed by atoms with E-state index >= 15 is 4.39 Å². The molecular formula is C29H23F2N3O4. The lowest BCUT2D eigenvalue weighted by Gasteiger charge is -2.11. The van der Waals surface area contributed by atoms with Gasteiger partial charge in [-0.05, 0) is 67.1 Å². The Kier molecular flexibility index (Phi) is 6.50. The number of pyridine rings is 1. The predicted octanol–water partition coefficient (Wildman–Crippen LogP) is 5.54. The Labute approximate surface area is 216 Å². The lowest BCUT2D eigenvalue weighted by Crippen LogP contribution is -2.23. The van der Waals surface area contributed by atoms with Crippen LogP contribution < -0.4 is 15.0 Å². The largest absolute Gasteiger partial charge is 0.497 e. The van der Waals surface area contributed by atoms with Crippen molar-refractivity contribution in [3.8, 4) is 22.9 Å². The van der Waals surface area contributed by atoms with Gasteiger partial charge in [-0.1, -0.05) is 6.07 Å². The molecule has 0 spiro atoms. The number of carbonyl (C=O) groups excluding carboxylic acids is 1. The van der Waals surface area contributed by atoms with Gasteiger partial charge in [-0.2, -0.15) is 0 Å². The van der Waals surface area contributed by atoms with E-state index in [0.717, 1.165) is 0 Å². The average molecular weight is 516 g/mol. The Hall–Kier alpha value is -4.79. The quantitative estimate of drug-likeness (QED) is 0.266. The minimum absolute atomic E-state index is 0.00348. The van der Waals surface area contributed by atoms with Crippen LogP contribution in [-0.2, 0) is 13.5 Å². The molecule has 9 heteroatoms. The Morgan fingerprint density at radius 1 is 0.974 bits per heavy atom. The third-order valence-corrected chi connectivity index (χ3v) is 6.39. The summed E-state index contributed by atoms with van der Waals surface area (Å²) in [5.41, 5.74) is 1.37. The van der Waals surface area contributed by atoms with E-state index in [1.165, 1.54) is 45.8 Å². The lowest BCUT2D eigenvalue weighted by molar-refractivity contribution is 0.0991. The second-order valence-corrected chi connectivity index (χ2v) is 8.74. The number of benzene rings is 3. The number of hydrogen-bond donors (Lipinski definition) is 0. The maximum atomic E-state index is 15.0. The highest BCUT2D eigenvalue weighted by atomic mass is 19.1. The van der Waals surface area contributed by atoms with Crippen LogP contribution in [0.3, 0.4) is 0 Å². The number of fused-ring (bicyclic) bond motifs is 1. The summed E-state index contributed by atoms with van der Waals surface area (Å²) >= 11 is 0. The molecule has 38 heavy (non-hydrogen) atoms. The number of ketones is 1. The van der Waals surface area contributed by atoms with Crippen LogP contribution in [-0.4, -0.2) is 27.2 Å². The van der Waals surface area contributed by atoms with E-state index in [4.69, 9.17) is 9.47 Å². The molecule has 5 rings (SSSR count). The first-order valence-corrected chi connectivity index (χ1v) is 11.7. The summed E-state index contributed by atoms with van der Waals surface area (Å²) in [5.74, 6) is -0.495. The van der Waals surface area contributed by atoms with Crippen molar-refractivity contribution in [2.75, 3.05) is 7.11 Å². The van der Waals surface area contributed by atoms with Crippen molar-refractivity contribution in [3.05, 3.63) is 112 Å². The Bertz CT molecular complexity index is 1740. The van der Waals surface area contributed by atoms with Gasteiger partial charge in [0.15, 0.2) is 17.3 Å². The fraction of sp³-hybridized carbons (Fsp3) is 0.138. The van der Waals surface area contributed by atoms with Crippen LogP contribution in [0.25, 0.3) is 16.6 Å². The molecule has 0 aliphatic heterocycles. The predicted molar refractivity (Wildman–Crippen MR) is 139 cm³/mol. The van der Waals surface area contributed by atoms with E-state index < -0.39 is 23.0 Å². The zero-order valence-electron chi connectivity index (χ0n) is 20.9. The molecular weight excluding hydrogens is 492 g/mol. The number of hydrogen-bond acceptors (Lipinski definition) is 5. The Balaban J connectivity index is 1.39. The van der Waals surface area contributed by atoms with E-state index in [0.29, 0.717) is 39.3 Å². The smallest absolute Gasteiger partial charge is 0.282 e. The van der Waals surface area contributed by atoms with Gasteiger partial charge < -0.3 is 9.47 Å². The maximum absolute atomic E-state index is 15.0. The molecule has 0 aliphatic carbocycles. The fourth-order valence-electron chi connectivity index (χ4n) is 4.35. The summed E-state index contributed by atoms with van der Waals surface area (Å²) in [7, 11) is 3.20. The number of nitrogens with zero attached hydrogens (tertiary/aromatic N) is 3. The van der Waals surface area contributed by atoms with Crippen molar-refractivity contribution in [1.29, 1.82) is 0 Å². The molecule has 0 amide bonds. The number of Topliss-reactive ketones (excluding diaryl/α,β-unsaturated/α-hetero) is 1. The third-order valence-electron chi connectivity index (χ3n) is 6.39. The Morgan fingerprint density at radius 2 is 1.74 bits per heavy atom. The number of halogens is 2. The molecule has 2 heterocycles. The van der Waals surface area contributed by atoms with Crippen molar-refractivity contribution >= 4 is 16.7 Å². The molecule has 0 saturated heterocycles. The van der Waals surface area contributed by atoms with Gasteiger partial charge >= 0.3 is 0 Å². The lowest BCUT2D eigenvalue weighted by atomic mass is 10.0. The zero-order valence-corrected chi connectivity index (χ0v) is 20.9. The first kappa shape index (κ1) is 24.9. The van der Waals surface area contributed by atoms with Crippen molar-refractivity contribution in [3.63, 3.8) is 0 Å². The standard InChI is InChI=1S/C29H23F2N3O4/c1-17-28(29(36)34(33(17)2)20-7-5-19(30)6-8-20)25(35)15-18-4-11-27(23(31)14-18)38-26-12-13-32-24-16-21(37-3)9-10-22(24)26/h4-14,16H,15H2,1-3H3. The van der Waals surface area contributed by atoms with Gasteiger partial charge in [-0.15, -0.1) is 0 Å². The van der Waals surface area contributed by atoms with Crippen LogP contribution in [0.5, 0.6) is 17.2 Å². The second-order valence-electron chi connectivity index (χ2n) is 8.74. The molecule has 0 aliphatic rings. The number of rotatable bonds is 7. The van der Waals surface area contributed by atoms with Crippen LogP contribution in [0.15, 0.2) is 77.7 Å². The summed E-state index contributed by atoms with van der Waals surface area (Å²) < 4.78 is 42.2. The highest BCUT2D eigenvalue weighted by molar-refractivity contribution is 5.98. The molecule has 0 atom stereocenters. The average Bonchev–Trinajstić information content (AvgIpc) is 3.13. The number of carbonyl (C=O) groups is 1. The van der Waals surface area contributed by atoms with E-state index in [1.807, 2.05) is 0 Å². The summed E-state index contributed by atoms with van der Waals surface area (Å²) in [6.45, 7) is 1.65. The molecule has 0 radical (unpaired) electrons. The van der Waals surface area contributed by atoms with Crippen LogP contribution in [0.1, 0.15) is 21.6 Å². The van der Waals surface area contributed by atoms with Crippen LogP contribution in [0.4, 0.5) is 8.78 Å². The van der Waals surface area contributed by atoms with Gasteiger partial charge in [0.05, 0.1) is 18.3 Å². The van der Waals surface area contributed by atoms with Crippen molar-refractivity contribution in [2.45, 2.75) is 13.3 Å². The monoisotopic (exact) mass is 515 g/mol. The van der Waals surface area contributed by atoms with E-state index in [-0.39, 0.29) is 17.7 Å². The summed E-state index contributed by atoms with van der Waals surface area (Å²) in [6.07, 6.45) is 1.38. The van der Waals surface area contributed by atoms with Crippen molar-refractivity contribution in [2.24, 2.45) is 7.05 Å². The van der Waals surface area contributed by atoms with E-state index in [1.54, 1.807) is 57.6 Å².